The minimum atomic E-state index is -0.122. The number of hydrogen-bond donors (Lipinski definition) is 0. The molecule has 0 aromatic heterocycles. The Bertz CT molecular complexity index is 234. The molecule has 0 amide bonds. The van der Waals surface area contributed by atoms with Crippen LogP contribution in [0.3, 0.4) is 0 Å². The van der Waals surface area contributed by atoms with Crippen molar-refractivity contribution < 1.29 is 9.53 Å². The molecule has 2 nitrogen and oxygen atoms in total. The molecule has 0 aromatic carbocycles. The number of rotatable bonds is 1. The van der Waals surface area contributed by atoms with Gasteiger partial charge in [-0.3, -0.25) is 4.79 Å². The fraction of sp³-hybridized carbons (Fsp3) is 0.909. The molecule has 0 spiro atoms. The van der Waals surface area contributed by atoms with Crippen molar-refractivity contribution in [1.82, 2.24) is 0 Å². The summed E-state index contributed by atoms with van der Waals surface area (Å²) in [5.41, 5.74) is 0.0855. The Balaban J connectivity index is 2.26. The molecule has 2 fully saturated rings. The Morgan fingerprint density at radius 3 is 2.15 bits per heavy atom. The number of hydrogen-bond acceptors (Lipinski definition) is 2. The van der Waals surface area contributed by atoms with Gasteiger partial charge in [0, 0.05) is 12.3 Å². The lowest BCUT2D eigenvalue weighted by Crippen LogP contribution is -2.41. The number of ether oxygens (including phenoxy) is 1. The molecular formula is C11H18O2. The van der Waals surface area contributed by atoms with Crippen LogP contribution in [0.5, 0.6) is 0 Å². The maximum atomic E-state index is 11.0. The predicted octanol–water partition coefficient (Wildman–Crippen LogP) is 2.52. The quantitative estimate of drug-likeness (QED) is 0.582. The summed E-state index contributed by atoms with van der Waals surface area (Å²) >= 11 is 0. The summed E-state index contributed by atoms with van der Waals surface area (Å²) < 4.78 is 5.57. The van der Waals surface area contributed by atoms with E-state index in [1.807, 2.05) is 0 Å². The summed E-state index contributed by atoms with van der Waals surface area (Å²) in [6.45, 7) is 6.03. The predicted molar refractivity (Wildman–Crippen MR) is 50.2 cm³/mol. The fourth-order valence-electron chi connectivity index (χ4n) is 3.33. The van der Waals surface area contributed by atoms with Crippen LogP contribution in [-0.2, 0) is 9.53 Å². The molecule has 2 bridgehead atoms. The summed E-state index contributed by atoms with van der Waals surface area (Å²) in [6, 6.07) is 0. The third-order valence-electron chi connectivity index (χ3n) is 4.33. The van der Waals surface area contributed by atoms with Gasteiger partial charge in [-0.1, -0.05) is 13.8 Å². The van der Waals surface area contributed by atoms with Crippen molar-refractivity contribution in [3.63, 3.8) is 0 Å². The summed E-state index contributed by atoms with van der Waals surface area (Å²) in [5.74, 6) is 0.655. The smallest absolute Gasteiger partial charge is 0.303 e. The first-order valence-electron chi connectivity index (χ1n) is 5.17. The van der Waals surface area contributed by atoms with Crippen molar-refractivity contribution in [3.05, 3.63) is 0 Å². The number of carbonyl (C=O) groups is 1. The molecule has 0 unspecified atom stereocenters. The van der Waals surface area contributed by atoms with Gasteiger partial charge in [0.15, 0.2) is 0 Å². The van der Waals surface area contributed by atoms with Gasteiger partial charge in [-0.05, 0) is 31.6 Å². The van der Waals surface area contributed by atoms with E-state index in [-0.39, 0.29) is 17.0 Å². The molecule has 0 aromatic rings. The zero-order chi connectivity index (χ0) is 9.69. The van der Waals surface area contributed by atoms with Crippen LogP contribution in [0.4, 0.5) is 0 Å². The highest BCUT2D eigenvalue weighted by atomic mass is 16.6. The zero-order valence-corrected chi connectivity index (χ0v) is 8.72. The molecule has 2 aliphatic carbocycles. The molecule has 74 valence electrons. The van der Waals surface area contributed by atoms with E-state index < -0.39 is 0 Å². The normalized spacial score (nSPS) is 40.7. The number of fused-ring (bicyclic) bond motifs is 2. The van der Waals surface area contributed by atoms with E-state index >= 15 is 0 Å². The standard InChI is InChI=1S/C11H18O2/c1-8(12)13-11-6-4-9(5-7-11)10(11,2)3/h9H,4-7H2,1-3H3. The molecule has 2 aliphatic rings. The highest BCUT2D eigenvalue weighted by Gasteiger charge is 2.61. The van der Waals surface area contributed by atoms with E-state index in [1.54, 1.807) is 0 Å². The van der Waals surface area contributed by atoms with Gasteiger partial charge >= 0.3 is 5.97 Å². The average Bonchev–Trinajstić information content (AvgIpc) is 2.36. The summed E-state index contributed by atoms with van der Waals surface area (Å²) in [7, 11) is 0. The van der Waals surface area contributed by atoms with E-state index in [4.69, 9.17) is 4.74 Å². The molecular weight excluding hydrogens is 164 g/mol. The maximum absolute atomic E-state index is 11.0. The first-order chi connectivity index (χ1) is 5.98. The Kier molecular flexibility index (Phi) is 1.73. The summed E-state index contributed by atoms with van der Waals surface area (Å²) in [6.07, 6.45) is 4.62. The summed E-state index contributed by atoms with van der Waals surface area (Å²) in [5, 5.41) is 0. The molecule has 2 rings (SSSR count). The second-order valence-electron chi connectivity index (χ2n) is 5.08. The molecule has 0 aliphatic heterocycles. The molecule has 13 heavy (non-hydrogen) atoms. The van der Waals surface area contributed by atoms with Crippen molar-refractivity contribution in [1.29, 1.82) is 0 Å². The molecule has 0 N–H and O–H groups in total. The summed E-state index contributed by atoms with van der Waals surface area (Å²) in [4.78, 5) is 11.0. The lowest BCUT2D eigenvalue weighted by atomic mass is 9.78. The minimum Gasteiger partial charge on any atom is -0.459 e. The number of carbonyl (C=O) groups excluding carboxylic acids is 1. The van der Waals surface area contributed by atoms with E-state index in [2.05, 4.69) is 13.8 Å². The monoisotopic (exact) mass is 182 g/mol. The second kappa shape index (κ2) is 2.49. The minimum absolute atomic E-state index is 0.115. The largest absolute Gasteiger partial charge is 0.459 e. The van der Waals surface area contributed by atoms with E-state index in [0.29, 0.717) is 0 Å². The third kappa shape index (κ3) is 1.04. The topological polar surface area (TPSA) is 26.3 Å². The van der Waals surface area contributed by atoms with Crippen LogP contribution in [0.25, 0.3) is 0 Å². The molecule has 0 atom stereocenters. The van der Waals surface area contributed by atoms with Gasteiger partial charge in [-0.15, -0.1) is 0 Å². The van der Waals surface area contributed by atoms with Crippen molar-refractivity contribution in [2.24, 2.45) is 11.3 Å². The highest BCUT2D eigenvalue weighted by molar-refractivity contribution is 5.66. The van der Waals surface area contributed by atoms with Crippen molar-refractivity contribution in [2.45, 2.75) is 52.1 Å². The Morgan fingerprint density at radius 2 is 1.85 bits per heavy atom. The van der Waals surface area contributed by atoms with Crippen molar-refractivity contribution in [2.75, 3.05) is 0 Å². The van der Waals surface area contributed by atoms with E-state index in [1.165, 1.54) is 19.8 Å². The van der Waals surface area contributed by atoms with Gasteiger partial charge in [-0.25, -0.2) is 0 Å². The second-order valence-corrected chi connectivity index (χ2v) is 5.08. The SMILES string of the molecule is CC(=O)OC12CCC(CC1)C2(C)C. The Labute approximate surface area is 79.7 Å². The zero-order valence-electron chi connectivity index (χ0n) is 8.72. The van der Waals surface area contributed by atoms with E-state index in [9.17, 15) is 4.79 Å². The molecule has 0 saturated heterocycles. The van der Waals surface area contributed by atoms with Crippen LogP contribution >= 0.6 is 0 Å². The van der Waals surface area contributed by atoms with Crippen LogP contribution in [0.1, 0.15) is 46.5 Å². The van der Waals surface area contributed by atoms with Crippen LogP contribution in [0, 0.1) is 11.3 Å². The molecule has 0 radical (unpaired) electrons. The average molecular weight is 182 g/mol. The Morgan fingerprint density at radius 1 is 1.31 bits per heavy atom. The van der Waals surface area contributed by atoms with E-state index in [0.717, 1.165) is 18.8 Å². The third-order valence-corrected chi connectivity index (χ3v) is 4.33. The molecule has 2 heteroatoms. The van der Waals surface area contributed by atoms with Gasteiger partial charge in [0.25, 0.3) is 0 Å². The van der Waals surface area contributed by atoms with Crippen LogP contribution in [0.2, 0.25) is 0 Å². The van der Waals surface area contributed by atoms with Gasteiger partial charge < -0.3 is 4.74 Å². The van der Waals surface area contributed by atoms with Crippen molar-refractivity contribution in [3.8, 4) is 0 Å². The van der Waals surface area contributed by atoms with Gasteiger partial charge in [-0.2, -0.15) is 0 Å². The first kappa shape index (κ1) is 9.04. The van der Waals surface area contributed by atoms with Gasteiger partial charge in [0.05, 0.1) is 0 Å². The lowest BCUT2D eigenvalue weighted by molar-refractivity contribution is -0.165. The fourth-order valence-corrected chi connectivity index (χ4v) is 3.33. The maximum Gasteiger partial charge on any atom is 0.303 e. The Hall–Kier alpha value is -0.530. The number of esters is 1. The van der Waals surface area contributed by atoms with Crippen LogP contribution in [0.15, 0.2) is 0 Å². The highest BCUT2D eigenvalue weighted by Crippen LogP contribution is 2.61. The van der Waals surface area contributed by atoms with Crippen LogP contribution < -0.4 is 0 Å². The van der Waals surface area contributed by atoms with Crippen molar-refractivity contribution >= 4 is 5.97 Å². The molecule has 0 heterocycles. The van der Waals surface area contributed by atoms with Gasteiger partial charge in [0.1, 0.15) is 5.60 Å². The lowest BCUT2D eigenvalue weighted by Gasteiger charge is -2.37. The van der Waals surface area contributed by atoms with Gasteiger partial charge in [0.2, 0.25) is 0 Å². The molecule has 2 saturated carbocycles. The van der Waals surface area contributed by atoms with Crippen LogP contribution in [-0.4, -0.2) is 11.6 Å². The first-order valence-corrected chi connectivity index (χ1v) is 5.17.